The van der Waals surface area contributed by atoms with Crippen molar-refractivity contribution in [3.8, 4) is 0 Å². The van der Waals surface area contributed by atoms with E-state index in [0.717, 1.165) is 23.2 Å². The molecule has 138 valence electrons. The second-order valence-electron chi connectivity index (χ2n) is 5.97. The predicted molar refractivity (Wildman–Crippen MR) is 103 cm³/mol. The van der Waals surface area contributed by atoms with Crippen molar-refractivity contribution in [2.24, 2.45) is 11.7 Å². The molecule has 2 rings (SSSR count). The second kappa shape index (κ2) is 9.79. The molecule has 0 spiro atoms. The molecule has 0 fully saturated rings. The van der Waals surface area contributed by atoms with E-state index in [1.807, 2.05) is 39.0 Å². The van der Waals surface area contributed by atoms with Gasteiger partial charge in [0.15, 0.2) is 0 Å². The zero-order chi connectivity index (χ0) is 17.7. The standard InChI is InChI=1S/C17H24N4O2S.ClH/c1-5-11(3)15(18)16-20-21-17(23-16)24-9-14(22)19-13-7-6-10(2)8-12(13)4;/h6-8,11,15H,5,9,18H2,1-4H3,(H,19,22);1H/t11?,15-;/m0./s1. The quantitative estimate of drug-likeness (QED) is 0.703. The number of halogens is 1. The van der Waals surface area contributed by atoms with Gasteiger partial charge in [0.25, 0.3) is 5.22 Å². The zero-order valence-electron chi connectivity index (χ0n) is 14.9. The number of nitrogens with two attached hydrogens (primary N) is 1. The van der Waals surface area contributed by atoms with Crippen LogP contribution in [0.3, 0.4) is 0 Å². The van der Waals surface area contributed by atoms with E-state index in [-0.39, 0.29) is 36.0 Å². The van der Waals surface area contributed by atoms with Crippen molar-refractivity contribution in [2.45, 2.75) is 45.4 Å². The summed E-state index contributed by atoms with van der Waals surface area (Å²) in [6, 6.07) is 5.63. The van der Waals surface area contributed by atoms with Gasteiger partial charge in [-0.05, 0) is 31.4 Å². The number of carbonyl (C=O) groups excluding carboxylic acids is 1. The van der Waals surface area contributed by atoms with Crippen LogP contribution in [-0.2, 0) is 4.79 Å². The predicted octanol–water partition coefficient (Wildman–Crippen LogP) is 3.88. The van der Waals surface area contributed by atoms with Crippen LogP contribution in [0, 0.1) is 19.8 Å². The van der Waals surface area contributed by atoms with E-state index in [4.69, 9.17) is 10.2 Å². The molecule has 0 saturated heterocycles. The molecule has 0 radical (unpaired) electrons. The molecule has 1 unspecified atom stereocenters. The summed E-state index contributed by atoms with van der Waals surface area (Å²) in [6.07, 6.45) is 0.935. The molecule has 2 atom stereocenters. The van der Waals surface area contributed by atoms with Crippen LogP contribution in [-0.4, -0.2) is 21.9 Å². The summed E-state index contributed by atoms with van der Waals surface area (Å²) in [5.74, 6) is 0.767. The number of aromatic nitrogens is 2. The van der Waals surface area contributed by atoms with Crippen LogP contribution in [0.1, 0.15) is 43.3 Å². The first kappa shape index (κ1) is 21.5. The lowest BCUT2D eigenvalue weighted by molar-refractivity contribution is -0.113. The van der Waals surface area contributed by atoms with Crippen LogP contribution >= 0.6 is 24.2 Å². The molecule has 1 heterocycles. The lowest BCUT2D eigenvalue weighted by atomic mass is 10.0. The highest BCUT2D eigenvalue weighted by molar-refractivity contribution is 7.99. The summed E-state index contributed by atoms with van der Waals surface area (Å²) in [5, 5.41) is 11.2. The van der Waals surface area contributed by atoms with Crippen molar-refractivity contribution < 1.29 is 9.21 Å². The molecule has 25 heavy (non-hydrogen) atoms. The number of aryl methyl sites for hydroxylation is 2. The molecule has 0 aliphatic rings. The second-order valence-corrected chi connectivity index (χ2v) is 6.90. The van der Waals surface area contributed by atoms with Crippen LogP contribution in [0.4, 0.5) is 5.69 Å². The van der Waals surface area contributed by atoms with Crippen LogP contribution in [0.5, 0.6) is 0 Å². The molecule has 0 saturated carbocycles. The SMILES string of the molecule is CCC(C)[C@H](N)c1nnc(SCC(=O)Nc2ccc(C)cc2C)o1.Cl. The minimum absolute atomic E-state index is 0. The summed E-state index contributed by atoms with van der Waals surface area (Å²) >= 11 is 1.21. The fourth-order valence-electron chi connectivity index (χ4n) is 2.18. The van der Waals surface area contributed by atoms with Gasteiger partial charge in [-0.3, -0.25) is 4.79 Å². The van der Waals surface area contributed by atoms with Gasteiger partial charge in [0.2, 0.25) is 11.8 Å². The highest BCUT2D eigenvalue weighted by Gasteiger charge is 2.20. The van der Waals surface area contributed by atoms with Crippen LogP contribution in [0.25, 0.3) is 0 Å². The molecular weight excluding hydrogens is 360 g/mol. The zero-order valence-corrected chi connectivity index (χ0v) is 16.5. The van der Waals surface area contributed by atoms with Gasteiger partial charge < -0.3 is 15.5 Å². The van der Waals surface area contributed by atoms with Crippen molar-refractivity contribution in [1.82, 2.24) is 10.2 Å². The van der Waals surface area contributed by atoms with Crippen molar-refractivity contribution in [1.29, 1.82) is 0 Å². The highest BCUT2D eigenvalue weighted by Crippen LogP contribution is 2.24. The molecule has 1 aromatic carbocycles. The monoisotopic (exact) mass is 384 g/mol. The molecular formula is C17H25ClN4O2S. The first-order chi connectivity index (χ1) is 11.4. The van der Waals surface area contributed by atoms with Crippen LogP contribution < -0.4 is 11.1 Å². The number of carbonyl (C=O) groups is 1. The number of hydrogen-bond acceptors (Lipinski definition) is 6. The summed E-state index contributed by atoms with van der Waals surface area (Å²) in [4.78, 5) is 12.1. The lowest BCUT2D eigenvalue weighted by Crippen LogP contribution is -2.18. The van der Waals surface area contributed by atoms with Gasteiger partial charge in [0, 0.05) is 5.69 Å². The maximum absolute atomic E-state index is 12.1. The minimum Gasteiger partial charge on any atom is -0.414 e. The van der Waals surface area contributed by atoms with Crippen molar-refractivity contribution in [3.05, 3.63) is 35.2 Å². The maximum atomic E-state index is 12.1. The summed E-state index contributed by atoms with van der Waals surface area (Å²) in [6.45, 7) is 8.09. The first-order valence-corrected chi connectivity index (χ1v) is 8.98. The molecule has 8 heteroatoms. The van der Waals surface area contributed by atoms with Crippen molar-refractivity contribution >= 4 is 35.8 Å². The van der Waals surface area contributed by atoms with Crippen LogP contribution in [0.2, 0.25) is 0 Å². The Balaban J connectivity index is 0.00000312. The Morgan fingerprint density at radius 2 is 2.08 bits per heavy atom. The Kier molecular flexibility index (Phi) is 8.41. The van der Waals surface area contributed by atoms with Crippen molar-refractivity contribution in [2.75, 3.05) is 11.1 Å². The average Bonchev–Trinajstić information content (AvgIpc) is 3.03. The van der Waals surface area contributed by atoms with E-state index in [0.29, 0.717) is 11.1 Å². The molecule has 0 aliphatic carbocycles. The molecule has 1 amide bonds. The van der Waals surface area contributed by atoms with Gasteiger partial charge in [-0.15, -0.1) is 22.6 Å². The Bertz CT molecular complexity index is 708. The van der Waals surface area contributed by atoms with Gasteiger partial charge in [-0.2, -0.15) is 0 Å². The number of hydrogen-bond donors (Lipinski definition) is 2. The molecule has 3 N–H and O–H groups in total. The number of nitrogens with zero attached hydrogens (tertiary/aromatic N) is 2. The lowest BCUT2D eigenvalue weighted by Gasteiger charge is -2.13. The Morgan fingerprint density at radius 3 is 2.72 bits per heavy atom. The van der Waals surface area contributed by atoms with Gasteiger partial charge >= 0.3 is 0 Å². The van der Waals surface area contributed by atoms with Crippen molar-refractivity contribution in [3.63, 3.8) is 0 Å². The van der Waals surface area contributed by atoms with E-state index in [1.165, 1.54) is 11.8 Å². The van der Waals surface area contributed by atoms with Gasteiger partial charge in [0.1, 0.15) is 0 Å². The Morgan fingerprint density at radius 1 is 1.36 bits per heavy atom. The van der Waals surface area contributed by atoms with Gasteiger partial charge in [0.05, 0.1) is 11.8 Å². The fourth-order valence-corrected chi connectivity index (χ4v) is 2.75. The van der Waals surface area contributed by atoms with E-state index in [2.05, 4.69) is 22.4 Å². The summed E-state index contributed by atoms with van der Waals surface area (Å²) < 4.78 is 5.54. The van der Waals surface area contributed by atoms with E-state index in [9.17, 15) is 4.79 Å². The number of amides is 1. The largest absolute Gasteiger partial charge is 0.414 e. The smallest absolute Gasteiger partial charge is 0.277 e. The highest BCUT2D eigenvalue weighted by atomic mass is 35.5. The normalized spacial score (nSPS) is 13.0. The Hall–Kier alpha value is -1.57. The fraction of sp³-hybridized carbons (Fsp3) is 0.471. The Labute approximate surface area is 158 Å². The summed E-state index contributed by atoms with van der Waals surface area (Å²) in [5.41, 5.74) is 9.08. The van der Waals surface area contributed by atoms with Gasteiger partial charge in [-0.25, -0.2) is 0 Å². The third kappa shape index (κ3) is 6.02. The number of benzene rings is 1. The van der Waals surface area contributed by atoms with Gasteiger partial charge in [-0.1, -0.05) is 49.7 Å². The molecule has 2 aromatic rings. The van der Waals surface area contributed by atoms with Crippen LogP contribution in [0.15, 0.2) is 27.8 Å². The average molecular weight is 385 g/mol. The third-order valence-electron chi connectivity index (χ3n) is 3.95. The number of rotatable bonds is 7. The molecule has 0 aliphatic heterocycles. The summed E-state index contributed by atoms with van der Waals surface area (Å²) in [7, 11) is 0. The first-order valence-electron chi connectivity index (χ1n) is 7.99. The number of nitrogens with one attached hydrogen (secondary N) is 1. The molecule has 1 aromatic heterocycles. The topological polar surface area (TPSA) is 94.0 Å². The van der Waals surface area contributed by atoms with E-state index >= 15 is 0 Å². The number of thioether (sulfide) groups is 1. The van der Waals surface area contributed by atoms with E-state index in [1.54, 1.807) is 0 Å². The maximum Gasteiger partial charge on any atom is 0.277 e. The number of anilines is 1. The molecule has 6 nitrogen and oxygen atoms in total. The third-order valence-corrected chi connectivity index (χ3v) is 4.77. The van der Waals surface area contributed by atoms with E-state index < -0.39 is 0 Å². The minimum atomic E-state index is -0.277. The molecule has 0 bridgehead atoms.